The summed E-state index contributed by atoms with van der Waals surface area (Å²) >= 11 is 1.26. The van der Waals surface area contributed by atoms with E-state index >= 15 is 0 Å². The number of thiazole rings is 1. The lowest BCUT2D eigenvalue weighted by Crippen LogP contribution is -2.08. The van der Waals surface area contributed by atoms with E-state index in [1.54, 1.807) is 20.8 Å². The number of aromatic nitrogens is 2. The van der Waals surface area contributed by atoms with Crippen LogP contribution < -0.4 is 0 Å². The Morgan fingerprint density at radius 2 is 2.05 bits per heavy atom. The molecule has 116 valence electrons. The van der Waals surface area contributed by atoms with E-state index in [1.807, 2.05) is 6.92 Å². The second kappa shape index (κ2) is 6.18. The van der Waals surface area contributed by atoms with Gasteiger partial charge in [-0.3, -0.25) is 15.1 Å². The number of hydrogen-bond donors (Lipinski definition) is 0. The summed E-state index contributed by atoms with van der Waals surface area (Å²) in [6.45, 7) is 6.66. The Morgan fingerprint density at radius 3 is 2.59 bits per heavy atom. The summed E-state index contributed by atoms with van der Waals surface area (Å²) in [7, 11) is 0. The standard InChI is InChI=1S/C14H15N3O4S/c1-7-5-15-11(8(2)12(7)17(19)20)6-21-14(18)13-9(3)16-10(4)22-13/h5H,6H2,1-4H3. The molecular weight excluding hydrogens is 306 g/mol. The van der Waals surface area contributed by atoms with Gasteiger partial charge < -0.3 is 4.74 Å². The average molecular weight is 321 g/mol. The maximum Gasteiger partial charge on any atom is 0.350 e. The molecule has 7 nitrogen and oxygen atoms in total. The van der Waals surface area contributed by atoms with Gasteiger partial charge in [0.2, 0.25) is 0 Å². The van der Waals surface area contributed by atoms with E-state index in [2.05, 4.69) is 9.97 Å². The average Bonchev–Trinajstić information content (AvgIpc) is 2.76. The second-order valence-corrected chi connectivity index (χ2v) is 6.05. The summed E-state index contributed by atoms with van der Waals surface area (Å²) in [5.74, 6) is -0.493. The SMILES string of the molecule is Cc1nc(C)c(C(=O)OCc2ncc(C)c([N+](=O)[O-])c2C)s1. The molecule has 0 fully saturated rings. The smallest absolute Gasteiger partial charge is 0.350 e. The first-order chi connectivity index (χ1) is 10.3. The molecule has 0 spiro atoms. The van der Waals surface area contributed by atoms with Gasteiger partial charge in [-0.05, 0) is 27.7 Å². The topological polar surface area (TPSA) is 95.2 Å². The molecule has 0 atom stereocenters. The number of carbonyl (C=O) groups is 1. The normalized spacial score (nSPS) is 10.5. The Balaban J connectivity index is 2.19. The van der Waals surface area contributed by atoms with Crippen molar-refractivity contribution in [2.45, 2.75) is 34.3 Å². The molecule has 2 aromatic rings. The summed E-state index contributed by atoms with van der Waals surface area (Å²) in [6, 6.07) is 0. The number of hydrogen-bond acceptors (Lipinski definition) is 7. The van der Waals surface area contributed by atoms with Gasteiger partial charge in [0.15, 0.2) is 0 Å². The van der Waals surface area contributed by atoms with E-state index in [4.69, 9.17) is 4.74 Å². The first kappa shape index (κ1) is 16.0. The van der Waals surface area contributed by atoms with E-state index in [0.717, 1.165) is 5.01 Å². The molecule has 0 unspecified atom stereocenters. The fourth-order valence-corrected chi connectivity index (χ4v) is 2.93. The molecule has 8 heteroatoms. The number of aryl methyl sites for hydroxylation is 3. The Morgan fingerprint density at radius 1 is 1.36 bits per heavy atom. The fraction of sp³-hybridized carbons (Fsp3) is 0.357. The van der Waals surface area contributed by atoms with Crippen molar-refractivity contribution < 1.29 is 14.5 Å². The molecule has 22 heavy (non-hydrogen) atoms. The van der Waals surface area contributed by atoms with Crippen molar-refractivity contribution in [3.05, 3.63) is 48.7 Å². The zero-order chi connectivity index (χ0) is 16.4. The van der Waals surface area contributed by atoms with E-state index in [9.17, 15) is 14.9 Å². The number of carbonyl (C=O) groups excluding carboxylic acids is 1. The van der Waals surface area contributed by atoms with Crippen LogP contribution in [-0.2, 0) is 11.3 Å². The molecule has 0 amide bonds. The second-order valence-electron chi connectivity index (χ2n) is 4.84. The number of rotatable bonds is 4. The monoisotopic (exact) mass is 321 g/mol. The van der Waals surface area contributed by atoms with E-state index in [0.29, 0.717) is 27.4 Å². The molecule has 2 aromatic heterocycles. The predicted molar refractivity (Wildman–Crippen MR) is 81.1 cm³/mol. The Labute approximate surface area is 131 Å². The van der Waals surface area contributed by atoms with Gasteiger partial charge in [-0.15, -0.1) is 11.3 Å². The lowest BCUT2D eigenvalue weighted by atomic mass is 10.1. The van der Waals surface area contributed by atoms with Gasteiger partial charge in [-0.1, -0.05) is 0 Å². The van der Waals surface area contributed by atoms with Gasteiger partial charge in [0.1, 0.15) is 11.5 Å². The molecule has 0 aliphatic rings. The van der Waals surface area contributed by atoms with Crippen LogP contribution in [0.15, 0.2) is 6.20 Å². The molecule has 0 aliphatic heterocycles. The highest BCUT2D eigenvalue weighted by Crippen LogP contribution is 2.25. The van der Waals surface area contributed by atoms with E-state index in [-0.39, 0.29) is 12.3 Å². The minimum atomic E-state index is -0.493. The van der Waals surface area contributed by atoms with Gasteiger partial charge in [0, 0.05) is 11.8 Å². The molecule has 2 rings (SSSR count). The summed E-state index contributed by atoms with van der Waals surface area (Å²) in [6.07, 6.45) is 1.41. The van der Waals surface area contributed by atoms with Crippen LogP contribution in [-0.4, -0.2) is 20.9 Å². The van der Waals surface area contributed by atoms with Crippen LogP contribution >= 0.6 is 11.3 Å². The highest BCUT2D eigenvalue weighted by atomic mass is 32.1. The highest BCUT2D eigenvalue weighted by Gasteiger charge is 2.21. The lowest BCUT2D eigenvalue weighted by Gasteiger charge is -2.08. The Bertz CT molecular complexity index is 755. The lowest BCUT2D eigenvalue weighted by molar-refractivity contribution is -0.386. The Kier molecular flexibility index (Phi) is 4.51. The van der Waals surface area contributed by atoms with Crippen LogP contribution in [0.5, 0.6) is 0 Å². The van der Waals surface area contributed by atoms with Crippen molar-refractivity contribution >= 4 is 23.0 Å². The maximum absolute atomic E-state index is 12.0. The third-order valence-electron chi connectivity index (χ3n) is 3.19. The third-order valence-corrected chi connectivity index (χ3v) is 4.24. The van der Waals surface area contributed by atoms with Gasteiger partial charge in [-0.25, -0.2) is 9.78 Å². The quantitative estimate of drug-likeness (QED) is 0.488. The number of ether oxygens (including phenoxy) is 1. The largest absolute Gasteiger partial charge is 0.455 e. The highest BCUT2D eigenvalue weighted by molar-refractivity contribution is 7.13. The molecule has 0 radical (unpaired) electrons. The zero-order valence-corrected chi connectivity index (χ0v) is 13.5. The summed E-state index contributed by atoms with van der Waals surface area (Å²) in [5.41, 5.74) is 1.89. The summed E-state index contributed by atoms with van der Waals surface area (Å²) in [5, 5.41) is 11.8. The first-order valence-corrected chi connectivity index (χ1v) is 7.33. The van der Waals surface area contributed by atoms with Crippen LogP contribution in [0.4, 0.5) is 5.69 Å². The Hall–Kier alpha value is -2.35. The van der Waals surface area contributed by atoms with E-state index < -0.39 is 10.9 Å². The van der Waals surface area contributed by atoms with Crippen LogP contribution in [0.1, 0.15) is 37.2 Å². The minimum absolute atomic E-state index is 0.00543. The van der Waals surface area contributed by atoms with E-state index in [1.165, 1.54) is 17.5 Å². The zero-order valence-electron chi connectivity index (χ0n) is 12.7. The molecule has 0 N–H and O–H groups in total. The number of nitrogens with zero attached hydrogens (tertiary/aromatic N) is 3. The van der Waals surface area contributed by atoms with Gasteiger partial charge >= 0.3 is 5.97 Å². The van der Waals surface area contributed by atoms with Crippen molar-refractivity contribution in [1.82, 2.24) is 9.97 Å². The number of pyridine rings is 1. The third kappa shape index (κ3) is 3.11. The maximum atomic E-state index is 12.0. The minimum Gasteiger partial charge on any atom is -0.455 e. The summed E-state index contributed by atoms with van der Waals surface area (Å²) in [4.78, 5) is 31.4. The van der Waals surface area contributed by atoms with Crippen LogP contribution in [0, 0.1) is 37.8 Å². The molecule has 0 aliphatic carbocycles. The van der Waals surface area contributed by atoms with Crippen LogP contribution in [0.2, 0.25) is 0 Å². The molecule has 0 bridgehead atoms. The van der Waals surface area contributed by atoms with Gasteiger partial charge in [-0.2, -0.15) is 0 Å². The number of nitro groups is 1. The molecule has 2 heterocycles. The molecular formula is C14H15N3O4S. The molecule has 0 saturated heterocycles. The summed E-state index contributed by atoms with van der Waals surface area (Å²) < 4.78 is 5.21. The van der Waals surface area contributed by atoms with Crippen molar-refractivity contribution in [2.75, 3.05) is 0 Å². The van der Waals surface area contributed by atoms with Crippen molar-refractivity contribution in [1.29, 1.82) is 0 Å². The fourth-order valence-electron chi connectivity index (χ4n) is 2.11. The van der Waals surface area contributed by atoms with Crippen LogP contribution in [0.25, 0.3) is 0 Å². The van der Waals surface area contributed by atoms with Crippen LogP contribution in [0.3, 0.4) is 0 Å². The predicted octanol–water partition coefficient (Wildman–Crippen LogP) is 3.04. The van der Waals surface area contributed by atoms with Gasteiger partial charge in [0.25, 0.3) is 5.69 Å². The first-order valence-electron chi connectivity index (χ1n) is 6.52. The van der Waals surface area contributed by atoms with Gasteiger partial charge in [0.05, 0.1) is 26.9 Å². The van der Waals surface area contributed by atoms with Crippen molar-refractivity contribution in [2.24, 2.45) is 0 Å². The van der Waals surface area contributed by atoms with Crippen molar-refractivity contribution in [3.63, 3.8) is 0 Å². The molecule has 0 aromatic carbocycles. The molecule has 0 saturated carbocycles. The number of esters is 1. The van der Waals surface area contributed by atoms with Crippen molar-refractivity contribution in [3.8, 4) is 0 Å².